The highest BCUT2D eigenvalue weighted by Crippen LogP contribution is 2.35. The number of halogens is 5. The monoisotopic (exact) mass is 431 g/mol. The van der Waals surface area contributed by atoms with Gasteiger partial charge in [-0.2, -0.15) is 13.2 Å². The largest absolute Gasteiger partial charge is 0.416 e. The van der Waals surface area contributed by atoms with Crippen molar-refractivity contribution in [1.82, 2.24) is 4.90 Å². The van der Waals surface area contributed by atoms with Crippen LogP contribution in [0.5, 0.6) is 0 Å². The Morgan fingerprint density at radius 3 is 2.44 bits per heavy atom. The van der Waals surface area contributed by atoms with E-state index in [4.69, 9.17) is 23.2 Å². The average molecular weight is 432 g/mol. The number of amides is 2. The summed E-state index contributed by atoms with van der Waals surface area (Å²) in [6.07, 6.45) is -3.22. The van der Waals surface area contributed by atoms with Crippen LogP contribution in [0.1, 0.15) is 16.7 Å². The van der Waals surface area contributed by atoms with Crippen LogP contribution in [0.4, 0.5) is 18.0 Å². The molecule has 0 saturated carbocycles. The molecule has 2 aromatic rings. The Kier molecular flexibility index (Phi) is 5.55. The predicted octanol–water partition coefficient (Wildman–Crippen LogP) is 6.25. The zero-order valence-corrected chi connectivity index (χ0v) is 15.7. The van der Waals surface area contributed by atoms with E-state index in [1.165, 1.54) is 18.2 Å². The number of nitrogens with zero attached hydrogens (tertiary/aromatic N) is 1. The Morgan fingerprint density at radius 2 is 1.78 bits per heavy atom. The highest BCUT2D eigenvalue weighted by Gasteiger charge is 2.35. The van der Waals surface area contributed by atoms with E-state index in [2.05, 4.69) is 0 Å². The molecule has 1 saturated heterocycles. The molecule has 0 aromatic heterocycles. The Morgan fingerprint density at radius 1 is 1.04 bits per heavy atom. The van der Waals surface area contributed by atoms with E-state index in [1.807, 2.05) is 0 Å². The van der Waals surface area contributed by atoms with Crippen molar-refractivity contribution < 1.29 is 22.8 Å². The highest BCUT2D eigenvalue weighted by molar-refractivity contribution is 8.18. The molecule has 3 rings (SSSR count). The number of hydrogen-bond acceptors (Lipinski definition) is 3. The van der Waals surface area contributed by atoms with E-state index in [0.717, 1.165) is 17.0 Å². The number of rotatable bonds is 3. The fraction of sp³-hybridized carbons (Fsp3) is 0.111. The third-order valence-corrected chi connectivity index (χ3v) is 5.36. The van der Waals surface area contributed by atoms with Gasteiger partial charge in [0.15, 0.2) is 0 Å². The van der Waals surface area contributed by atoms with Crippen LogP contribution in [0.2, 0.25) is 10.0 Å². The van der Waals surface area contributed by atoms with Crippen molar-refractivity contribution in [1.29, 1.82) is 0 Å². The molecule has 0 unspecified atom stereocenters. The van der Waals surface area contributed by atoms with Gasteiger partial charge in [0.25, 0.3) is 11.1 Å². The summed E-state index contributed by atoms with van der Waals surface area (Å²) in [5.74, 6) is -0.575. The summed E-state index contributed by atoms with van der Waals surface area (Å²) in [6.45, 7) is -0.0124. The normalized spacial score (nSPS) is 16.5. The van der Waals surface area contributed by atoms with Gasteiger partial charge in [0, 0.05) is 0 Å². The van der Waals surface area contributed by atoms with E-state index in [9.17, 15) is 22.8 Å². The Bertz CT molecular complexity index is 960. The maximum atomic E-state index is 12.8. The minimum absolute atomic E-state index is 0.0124. The zero-order chi connectivity index (χ0) is 19.8. The number of carbonyl (C=O) groups is 2. The zero-order valence-electron chi connectivity index (χ0n) is 13.4. The Labute approximate surface area is 166 Å². The number of hydrogen-bond donors (Lipinski definition) is 0. The highest BCUT2D eigenvalue weighted by atomic mass is 35.5. The molecule has 1 aliphatic heterocycles. The summed E-state index contributed by atoms with van der Waals surface area (Å²) in [6, 6.07) is 9.27. The summed E-state index contributed by atoms with van der Waals surface area (Å²) in [5, 5.41) is 0.129. The summed E-state index contributed by atoms with van der Waals surface area (Å²) >= 11 is 12.4. The van der Waals surface area contributed by atoms with Crippen LogP contribution in [-0.4, -0.2) is 16.0 Å². The fourth-order valence-electron chi connectivity index (χ4n) is 2.41. The van der Waals surface area contributed by atoms with Crippen molar-refractivity contribution >= 4 is 52.2 Å². The first-order chi connectivity index (χ1) is 12.6. The van der Waals surface area contributed by atoms with Crippen molar-refractivity contribution in [3.63, 3.8) is 0 Å². The second kappa shape index (κ2) is 7.58. The molecule has 0 atom stereocenters. The predicted molar refractivity (Wildman–Crippen MR) is 99.4 cm³/mol. The van der Waals surface area contributed by atoms with Gasteiger partial charge < -0.3 is 0 Å². The molecule has 3 nitrogen and oxygen atoms in total. The maximum absolute atomic E-state index is 12.8. The molecule has 1 aliphatic rings. The molecule has 1 heterocycles. The quantitative estimate of drug-likeness (QED) is 0.539. The van der Waals surface area contributed by atoms with Crippen LogP contribution >= 0.6 is 35.0 Å². The molecule has 27 heavy (non-hydrogen) atoms. The molecular weight excluding hydrogens is 422 g/mol. The molecule has 0 spiro atoms. The van der Waals surface area contributed by atoms with Crippen molar-refractivity contribution in [3.8, 4) is 0 Å². The smallest absolute Gasteiger partial charge is 0.268 e. The van der Waals surface area contributed by atoms with E-state index in [0.29, 0.717) is 27.4 Å². The summed E-state index contributed by atoms with van der Waals surface area (Å²) in [5.41, 5.74) is -0.0387. The molecule has 140 valence electrons. The molecule has 0 radical (unpaired) electrons. The SMILES string of the molecule is O=C1S/C(=C/c2cccc(C(F)(F)F)c2)C(=O)N1Cc1ccc(Cl)c(Cl)c1. The van der Waals surface area contributed by atoms with Gasteiger partial charge in [-0.1, -0.05) is 41.4 Å². The van der Waals surface area contributed by atoms with Gasteiger partial charge in [-0.05, 0) is 53.2 Å². The van der Waals surface area contributed by atoms with Gasteiger partial charge in [-0.3, -0.25) is 14.5 Å². The molecule has 0 bridgehead atoms. The van der Waals surface area contributed by atoms with Gasteiger partial charge in [-0.15, -0.1) is 0 Å². The van der Waals surface area contributed by atoms with Crippen LogP contribution in [0.25, 0.3) is 6.08 Å². The third-order valence-electron chi connectivity index (χ3n) is 3.71. The van der Waals surface area contributed by atoms with E-state index in [1.54, 1.807) is 18.2 Å². The molecule has 0 N–H and O–H groups in total. The van der Waals surface area contributed by atoms with Crippen molar-refractivity contribution in [2.45, 2.75) is 12.7 Å². The van der Waals surface area contributed by atoms with Crippen molar-refractivity contribution in [2.24, 2.45) is 0 Å². The lowest BCUT2D eigenvalue weighted by Crippen LogP contribution is -2.27. The molecule has 2 aromatic carbocycles. The van der Waals surface area contributed by atoms with Gasteiger partial charge in [0.2, 0.25) is 0 Å². The van der Waals surface area contributed by atoms with E-state index in [-0.39, 0.29) is 17.0 Å². The lowest BCUT2D eigenvalue weighted by molar-refractivity contribution is -0.137. The first-order valence-electron chi connectivity index (χ1n) is 7.52. The van der Waals surface area contributed by atoms with Gasteiger partial charge in [0.05, 0.1) is 27.1 Å². The number of thioether (sulfide) groups is 1. The first kappa shape index (κ1) is 19.8. The van der Waals surface area contributed by atoms with E-state index >= 15 is 0 Å². The molecule has 0 aliphatic carbocycles. The number of alkyl halides is 3. The third kappa shape index (κ3) is 4.48. The summed E-state index contributed by atoms with van der Waals surface area (Å²) in [4.78, 5) is 25.7. The van der Waals surface area contributed by atoms with Gasteiger partial charge >= 0.3 is 6.18 Å². The van der Waals surface area contributed by atoms with Crippen LogP contribution in [-0.2, 0) is 17.5 Å². The molecule has 2 amide bonds. The fourth-order valence-corrected chi connectivity index (χ4v) is 3.57. The number of imide groups is 1. The van der Waals surface area contributed by atoms with Crippen molar-refractivity contribution in [2.75, 3.05) is 0 Å². The number of benzene rings is 2. The van der Waals surface area contributed by atoms with Gasteiger partial charge in [0.1, 0.15) is 0 Å². The van der Waals surface area contributed by atoms with Crippen molar-refractivity contribution in [3.05, 3.63) is 74.1 Å². The standard InChI is InChI=1S/C18H10Cl2F3NO2S/c19-13-5-4-11(7-14(13)20)9-24-16(25)15(27-17(24)26)8-10-2-1-3-12(6-10)18(21,22)23/h1-8H,9H2/b15-8+. The first-order valence-corrected chi connectivity index (χ1v) is 9.09. The minimum atomic E-state index is -4.49. The second-order valence-electron chi connectivity index (χ2n) is 5.64. The van der Waals surface area contributed by atoms with Crippen LogP contribution in [0.15, 0.2) is 47.4 Å². The lowest BCUT2D eigenvalue weighted by atomic mass is 10.1. The Balaban J connectivity index is 1.83. The topological polar surface area (TPSA) is 37.4 Å². The van der Waals surface area contributed by atoms with Gasteiger partial charge in [-0.25, -0.2) is 0 Å². The van der Waals surface area contributed by atoms with Crippen LogP contribution in [0.3, 0.4) is 0 Å². The second-order valence-corrected chi connectivity index (χ2v) is 7.45. The lowest BCUT2D eigenvalue weighted by Gasteiger charge is -2.13. The average Bonchev–Trinajstić information content (AvgIpc) is 2.85. The summed E-state index contributed by atoms with van der Waals surface area (Å²) < 4.78 is 38.4. The van der Waals surface area contributed by atoms with E-state index < -0.39 is 22.9 Å². The molecular formula is C18H10Cl2F3NO2S. The minimum Gasteiger partial charge on any atom is -0.268 e. The molecule has 9 heteroatoms. The summed E-state index contributed by atoms with van der Waals surface area (Å²) in [7, 11) is 0. The Hall–Kier alpha value is -1.96. The number of carbonyl (C=O) groups excluding carboxylic acids is 2. The van der Waals surface area contributed by atoms with Crippen LogP contribution < -0.4 is 0 Å². The van der Waals surface area contributed by atoms with Crippen LogP contribution in [0, 0.1) is 0 Å². The maximum Gasteiger partial charge on any atom is 0.416 e. The molecule has 1 fully saturated rings.